The molecule has 1 aromatic heterocycles. The largest absolute Gasteiger partial charge is 0.355 e. The van der Waals surface area contributed by atoms with E-state index in [0.717, 1.165) is 31.0 Å². The van der Waals surface area contributed by atoms with Crippen LogP contribution in [0.2, 0.25) is 0 Å². The molecular formula is C14H24N4O2S. The minimum atomic E-state index is -3.17. The van der Waals surface area contributed by atoms with Crippen LogP contribution in [0.5, 0.6) is 0 Å². The summed E-state index contributed by atoms with van der Waals surface area (Å²) in [5.41, 5.74) is -0.101. The molecule has 21 heavy (non-hydrogen) atoms. The monoisotopic (exact) mass is 312 g/mol. The van der Waals surface area contributed by atoms with E-state index in [1.807, 2.05) is 6.07 Å². The second-order valence-corrected chi connectivity index (χ2v) is 8.44. The van der Waals surface area contributed by atoms with Gasteiger partial charge in [-0.05, 0) is 18.9 Å². The number of nitrogens with one attached hydrogen (secondary N) is 1. The SMILES string of the molecule is CC(C)(C)c1nccc(N2CCCC(NS(C)(=O)=O)C2)n1. The van der Waals surface area contributed by atoms with Crippen LogP contribution in [-0.4, -0.2) is 43.8 Å². The maximum absolute atomic E-state index is 11.4. The second-order valence-electron chi connectivity index (χ2n) is 6.66. The zero-order chi connectivity index (χ0) is 15.7. The smallest absolute Gasteiger partial charge is 0.209 e. The van der Waals surface area contributed by atoms with Crippen molar-refractivity contribution in [1.29, 1.82) is 0 Å². The van der Waals surface area contributed by atoms with Crippen LogP contribution >= 0.6 is 0 Å². The number of sulfonamides is 1. The molecule has 1 N–H and O–H groups in total. The lowest BCUT2D eigenvalue weighted by Gasteiger charge is -2.34. The first kappa shape index (κ1) is 16.2. The van der Waals surface area contributed by atoms with Gasteiger partial charge in [-0.15, -0.1) is 0 Å². The Hall–Kier alpha value is -1.21. The fourth-order valence-corrected chi connectivity index (χ4v) is 3.27. The van der Waals surface area contributed by atoms with Crippen molar-refractivity contribution in [1.82, 2.24) is 14.7 Å². The molecule has 0 radical (unpaired) electrons. The van der Waals surface area contributed by atoms with Gasteiger partial charge < -0.3 is 4.90 Å². The number of rotatable bonds is 3. The molecule has 118 valence electrons. The predicted molar refractivity (Wildman–Crippen MR) is 83.9 cm³/mol. The number of piperidine rings is 1. The van der Waals surface area contributed by atoms with E-state index >= 15 is 0 Å². The molecule has 1 saturated heterocycles. The number of nitrogens with zero attached hydrogens (tertiary/aromatic N) is 3. The summed E-state index contributed by atoms with van der Waals surface area (Å²) in [5.74, 6) is 1.67. The molecule has 1 fully saturated rings. The van der Waals surface area contributed by atoms with Gasteiger partial charge in [0.1, 0.15) is 11.6 Å². The predicted octanol–water partition coefficient (Wildman–Crippen LogP) is 1.29. The highest BCUT2D eigenvalue weighted by molar-refractivity contribution is 7.88. The maximum atomic E-state index is 11.4. The Morgan fingerprint density at radius 3 is 2.71 bits per heavy atom. The van der Waals surface area contributed by atoms with E-state index in [9.17, 15) is 8.42 Å². The van der Waals surface area contributed by atoms with Gasteiger partial charge in [0, 0.05) is 30.7 Å². The van der Waals surface area contributed by atoms with Gasteiger partial charge in [0.2, 0.25) is 10.0 Å². The summed E-state index contributed by atoms with van der Waals surface area (Å²) in [7, 11) is -3.17. The molecule has 1 aliphatic heterocycles. The lowest BCUT2D eigenvalue weighted by atomic mass is 9.96. The van der Waals surface area contributed by atoms with E-state index in [0.29, 0.717) is 6.54 Å². The van der Waals surface area contributed by atoms with Gasteiger partial charge >= 0.3 is 0 Å². The second kappa shape index (κ2) is 5.88. The van der Waals surface area contributed by atoms with Crippen LogP contribution in [0.25, 0.3) is 0 Å². The summed E-state index contributed by atoms with van der Waals surface area (Å²) in [6, 6.07) is 1.83. The van der Waals surface area contributed by atoms with Crippen molar-refractivity contribution in [3.8, 4) is 0 Å². The van der Waals surface area contributed by atoms with E-state index in [2.05, 4.69) is 40.4 Å². The van der Waals surface area contributed by atoms with Gasteiger partial charge in [0.05, 0.1) is 6.26 Å². The van der Waals surface area contributed by atoms with Crippen LogP contribution in [0.4, 0.5) is 5.82 Å². The van der Waals surface area contributed by atoms with Crippen molar-refractivity contribution in [3.63, 3.8) is 0 Å². The summed E-state index contributed by atoms with van der Waals surface area (Å²) < 4.78 is 25.4. The first-order valence-corrected chi connectivity index (χ1v) is 9.10. The van der Waals surface area contributed by atoms with Crippen molar-refractivity contribution in [2.24, 2.45) is 0 Å². The molecule has 1 unspecified atom stereocenters. The summed E-state index contributed by atoms with van der Waals surface area (Å²) in [4.78, 5) is 11.1. The quantitative estimate of drug-likeness (QED) is 0.910. The Morgan fingerprint density at radius 2 is 2.10 bits per heavy atom. The van der Waals surface area contributed by atoms with Crippen molar-refractivity contribution >= 4 is 15.8 Å². The molecule has 0 saturated carbocycles. The molecule has 2 heterocycles. The van der Waals surface area contributed by atoms with Gasteiger partial charge in [-0.3, -0.25) is 0 Å². The van der Waals surface area contributed by atoms with Crippen LogP contribution < -0.4 is 9.62 Å². The van der Waals surface area contributed by atoms with Crippen LogP contribution in [-0.2, 0) is 15.4 Å². The molecule has 7 heteroatoms. The van der Waals surface area contributed by atoms with Crippen LogP contribution in [0.15, 0.2) is 12.3 Å². The molecule has 0 aromatic carbocycles. The molecular weight excluding hydrogens is 288 g/mol. The molecule has 6 nitrogen and oxygen atoms in total. The third-order valence-electron chi connectivity index (χ3n) is 3.44. The van der Waals surface area contributed by atoms with E-state index in [-0.39, 0.29) is 11.5 Å². The summed E-state index contributed by atoms with van der Waals surface area (Å²) >= 11 is 0. The fourth-order valence-electron chi connectivity index (χ4n) is 2.47. The topological polar surface area (TPSA) is 75.2 Å². The third kappa shape index (κ3) is 4.64. The average molecular weight is 312 g/mol. The molecule has 1 atom stereocenters. The van der Waals surface area contributed by atoms with E-state index < -0.39 is 10.0 Å². The van der Waals surface area contributed by atoms with Crippen LogP contribution in [0.1, 0.15) is 39.4 Å². The lowest BCUT2D eigenvalue weighted by molar-refractivity contribution is 0.463. The van der Waals surface area contributed by atoms with Crippen molar-refractivity contribution < 1.29 is 8.42 Å². The molecule has 0 aliphatic carbocycles. The summed E-state index contributed by atoms with van der Waals surface area (Å²) in [6.45, 7) is 7.78. The van der Waals surface area contributed by atoms with Crippen LogP contribution in [0, 0.1) is 0 Å². The highest BCUT2D eigenvalue weighted by Gasteiger charge is 2.24. The first-order valence-electron chi connectivity index (χ1n) is 7.21. The molecule has 0 amide bonds. The summed E-state index contributed by atoms with van der Waals surface area (Å²) in [5, 5.41) is 0. The highest BCUT2D eigenvalue weighted by atomic mass is 32.2. The standard InChI is InChI=1S/C14H24N4O2S/c1-14(2,3)13-15-8-7-12(16-13)18-9-5-6-11(10-18)17-21(4,19)20/h7-8,11,17H,5-6,9-10H2,1-4H3. The zero-order valence-corrected chi connectivity index (χ0v) is 13.9. The van der Waals surface area contributed by atoms with Crippen molar-refractivity contribution in [2.45, 2.75) is 45.1 Å². The lowest BCUT2D eigenvalue weighted by Crippen LogP contribution is -2.47. The van der Waals surface area contributed by atoms with E-state index in [1.54, 1.807) is 6.20 Å². The van der Waals surface area contributed by atoms with Gasteiger partial charge in [-0.25, -0.2) is 23.1 Å². The molecule has 0 bridgehead atoms. The van der Waals surface area contributed by atoms with E-state index in [4.69, 9.17) is 0 Å². The van der Waals surface area contributed by atoms with Gasteiger partial charge in [0.25, 0.3) is 0 Å². The normalized spacial score (nSPS) is 20.6. The fraction of sp³-hybridized carbons (Fsp3) is 0.714. The first-order chi connectivity index (χ1) is 9.65. The van der Waals surface area contributed by atoms with Crippen molar-refractivity contribution in [2.75, 3.05) is 24.2 Å². The Kier molecular flexibility index (Phi) is 4.53. The molecule has 1 aromatic rings. The molecule has 1 aliphatic rings. The number of anilines is 1. The Balaban J connectivity index is 2.15. The third-order valence-corrected chi connectivity index (χ3v) is 4.20. The zero-order valence-electron chi connectivity index (χ0n) is 13.1. The molecule has 2 rings (SSSR count). The Labute approximate surface area is 127 Å². The minimum absolute atomic E-state index is 0.0539. The average Bonchev–Trinajstić information content (AvgIpc) is 2.36. The molecule has 0 spiro atoms. The number of hydrogen-bond donors (Lipinski definition) is 1. The minimum Gasteiger partial charge on any atom is -0.355 e. The Bertz CT molecular complexity index is 595. The summed E-state index contributed by atoms with van der Waals surface area (Å²) in [6.07, 6.45) is 4.79. The van der Waals surface area contributed by atoms with Gasteiger partial charge in [-0.1, -0.05) is 20.8 Å². The van der Waals surface area contributed by atoms with Crippen molar-refractivity contribution in [3.05, 3.63) is 18.1 Å². The number of aromatic nitrogens is 2. The highest BCUT2D eigenvalue weighted by Crippen LogP contribution is 2.22. The van der Waals surface area contributed by atoms with E-state index in [1.165, 1.54) is 6.26 Å². The Morgan fingerprint density at radius 1 is 1.38 bits per heavy atom. The van der Waals surface area contributed by atoms with Gasteiger partial charge in [0.15, 0.2) is 0 Å². The number of hydrogen-bond acceptors (Lipinski definition) is 5. The maximum Gasteiger partial charge on any atom is 0.209 e. The van der Waals surface area contributed by atoms with Gasteiger partial charge in [-0.2, -0.15) is 0 Å². The van der Waals surface area contributed by atoms with Crippen LogP contribution in [0.3, 0.4) is 0 Å².